The number of rotatable bonds is 60. The Morgan fingerprint density at radius 3 is 0.744 bits per heavy atom. The number of carbonyl (C=O) groups excluding carboxylic acids is 3. The molecule has 0 aliphatic rings. The zero-order chi connectivity index (χ0) is 59.2. The van der Waals surface area contributed by atoms with Gasteiger partial charge in [0.05, 0.1) is 0 Å². The van der Waals surface area contributed by atoms with Crippen LogP contribution in [-0.2, 0) is 28.6 Å². The Morgan fingerprint density at radius 1 is 0.256 bits per heavy atom. The lowest BCUT2D eigenvalue weighted by molar-refractivity contribution is -0.167. The highest BCUT2D eigenvalue weighted by molar-refractivity contribution is 5.71. The number of unbranched alkanes of at least 4 members (excludes halogenated alkanes) is 25. The van der Waals surface area contributed by atoms with Crippen LogP contribution < -0.4 is 0 Å². The maximum Gasteiger partial charge on any atom is 0.306 e. The van der Waals surface area contributed by atoms with Crippen LogP contribution in [-0.4, -0.2) is 37.2 Å². The van der Waals surface area contributed by atoms with Gasteiger partial charge in [-0.1, -0.05) is 301 Å². The Hall–Kier alpha value is -4.71. The molecule has 6 heteroatoms. The fourth-order valence-corrected chi connectivity index (χ4v) is 9.10. The van der Waals surface area contributed by atoms with Crippen LogP contribution in [0.1, 0.15) is 297 Å². The minimum absolute atomic E-state index is 0.0855. The SMILES string of the molecule is CC/C=C\C/C=C\C/C=C\C/C=C\C/C=C\C/C=C\C/C=C\C/C=C\CCCCCCCCC(=O)OCC(COC(=O)CCCCCCCCCC)OC(=O)CCCCCCCCCCCCCC/C=C\C/C=C\C/C=C\C/C=C\CC. The molecule has 0 fully saturated rings. The van der Waals surface area contributed by atoms with Gasteiger partial charge in [0.1, 0.15) is 13.2 Å². The van der Waals surface area contributed by atoms with Crippen LogP contribution in [0.15, 0.2) is 146 Å². The second-order valence-corrected chi connectivity index (χ2v) is 22.0. The van der Waals surface area contributed by atoms with Gasteiger partial charge in [-0.25, -0.2) is 0 Å². The highest BCUT2D eigenvalue weighted by atomic mass is 16.6. The van der Waals surface area contributed by atoms with Crippen molar-refractivity contribution in [2.75, 3.05) is 13.2 Å². The largest absolute Gasteiger partial charge is 0.462 e. The van der Waals surface area contributed by atoms with Crippen molar-refractivity contribution in [3.05, 3.63) is 146 Å². The van der Waals surface area contributed by atoms with Crippen molar-refractivity contribution in [2.24, 2.45) is 0 Å². The lowest BCUT2D eigenvalue weighted by Gasteiger charge is -2.18. The van der Waals surface area contributed by atoms with Gasteiger partial charge in [-0.15, -0.1) is 0 Å². The van der Waals surface area contributed by atoms with E-state index in [1.807, 2.05) is 0 Å². The molecule has 1 atom stereocenters. The van der Waals surface area contributed by atoms with Gasteiger partial charge in [0, 0.05) is 19.3 Å². The zero-order valence-corrected chi connectivity index (χ0v) is 53.2. The quantitative estimate of drug-likeness (QED) is 0.0261. The van der Waals surface area contributed by atoms with Crippen molar-refractivity contribution in [2.45, 2.75) is 303 Å². The normalized spacial score (nSPS) is 13.1. The molecule has 0 aliphatic heterocycles. The standard InChI is InChI=1S/C76H124O6/c1-4-7-10-13-16-19-21-23-25-27-29-31-33-35-36-37-38-39-40-42-43-45-47-49-51-53-55-57-60-63-66-69-75(78)81-72-73(71-80-74(77)68-65-62-59-18-15-12-9-6-3)82-76(79)70-67-64-61-58-56-54-52-50-48-46-44-41-34-32-30-28-26-24-22-20-17-14-11-8-5-2/h7-8,10-11,16-17,19-20,23-26,29-32,35-36,38-39,42-43,47,49,73H,4-6,9,12-15,18,21-22,27-28,33-34,37,40-41,44-46,48,50-72H2,1-3H3/b10-7-,11-8-,19-16-,20-17-,25-23-,26-24-,31-29-,32-30-,36-35-,39-38-,43-42-,49-47-. The third kappa shape index (κ3) is 66.1. The topological polar surface area (TPSA) is 78.9 Å². The van der Waals surface area contributed by atoms with Crippen molar-refractivity contribution >= 4 is 17.9 Å². The Morgan fingerprint density at radius 2 is 0.476 bits per heavy atom. The van der Waals surface area contributed by atoms with Gasteiger partial charge in [0.15, 0.2) is 6.10 Å². The predicted octanol–water partition coefficient (Wildman–Crippen LogP) is 23.5. The Kier molecular flexibility index (Phi) is 64.8. The lowest BCUT2D eigenvalue weighted by Crippen LogP contribution is -2.30. The van der Waals surface area contributed by atoms with Crippen LogP contribution in [0.3, 0.4) is 0 Å². The lowest BCUT2D eigenvalue weighted by atomic mass is 10.0. The molecule has 0 spiro atoms. The average Bonchev–Trinajstić information content (AvgIpc) is 3.47. The van der Waals surface area contributed by atoms with E-state index in [4.69, 9.17) is 14.2 Å². The van der Waals surface area contributed by atoms with Crippen LogP contribution >= 0.6 is 0 Å². The van der Waals surface area contributed by atoms with Gasteiger partial charge < -0.3 is 14.2 Å². The Bertz CT molecular complexity index is 1780. The van der Waals surface area contributed by atoms with Crippen molar-refractivity contribution in [3.8, 4) is 0 Å². The molecular weight excluding hydrogens is 1010 g/mol. The summed E-state index contributed by atoms with van der Waals surface area (Å²) in [5.41, 5.74) is 0. The molecule has 0 radical (unpaired) electrons. The van der Waals surface area contributed by atoms with E-state index in [1.165, 1.54) is 109 Å². The van der Waals surface area contributed by atoms with Gasteiger partial charge >= 0.3 is 17.9 Å². The molecular formula is C76H124O6. The van der Waals surface area contributed by atoms with E-state index in [-0.39, 0.29) is 31.1 Å². The van der Waals surface area contributed by atoms with Crippen LogP contribution in [0.4, 0.5) is 0 Å². The number of carbonyl (C=O) groups is 3. The minimum Gasteiger partial charge on any atom is -0.462 e. The van der Waals surface area contributed by atoms with Crippen LogP contribution in [0.25, 0.3) is 0 Å². The fourth-order valence-electron chi connectivity index (χ4n) is 9.10. The molecule has 464 valence electrons. The van der Waals surface area contributed by atoms with Crippen LogP contribution in [0.2, 0.25) is 0 Å². The monoisotopic (exact) mass is 1130 g/mol. The number of hydrogen-bond acceptors (Lipinski definition) is 6. The highest BCUT2D eigenvalue weighted by Gasteiger charge is 2.19. The van der Waals surface area contributed by atoms with E-state index in [0.717, 1.165) is 148 Å². The number of hydrogen-bond donors (Lipinski definition) is 0. The molecule has 0 amide bonds. The molecule has 0 saturated heterocycles. The molecule has 0 aromatic carbocycles. The first-order chi connectivity index (χ1) is 40.5. The van der Waals surface area contributed by atoms with Crippen molar-refractivity contribution in [1.29, 1.82) is 0 Å². The summed E-state index contributed by atoms with van der Waals surface area (Å²) in [5, 5.41) is 0. The van der Waals surface area contributed by atoms with E-state index in [2.05, 4.69) is 167 Å². The van der Waals surface area contributed by atoms with Crippen molar-refractivity contribution in [3.63, 3.8) is 0 Å². The Balaban J connectivity index is 4.22. The summed E-state index contributed by atoms with van der Waals surface area (Å²) in [5.74, 6) is -0.904. The molecule has 0 N–H and O–H groups in total. The number of allylic oxidation sites excluding steroid dienone is 24. The van der Waals surface area contributed by atoms with E-state index in [0.29, 0.717) is 19.3 Å². The van der Waals surface area contributed by atoms with E-state index in [9.17, 15) is 14.4 Å². The third-order valence-electron chi connectivity index (χ3n) is 14.1. The Labute approximate surface area is 506 Å². The third-order valence-corrected chi connectivity index (χ3v) is 14.1. The first kappa shape index (κ1) is 77.3. The molecule has 0 saturated carbocycles. The van der Waals surface area contributed by atoms with E-state index in [1.54, 1.807) is 0 Å². The second-order valence-electron chi connectivity index (χ2n) is 22.0. The maximum absolute atomic E-state index is 12.9. The molecule has 0 aliphatic carbocycles. The first-order valence-electron chi connectivity index (χ1n) is 33.8. The smallest absolute Gasteiger partial charge is 0.306 e. The van der Waals surface area contributed by atoms with Crippen molar-refractivity contribution in [1.82, 2.24) is 0 Å². The number of esters is 3. The summed E-state index contributed by atoms with van der Waals surface area (Å²) in [4.78, 5) is 38.2. The van der Waals surface area contributed by atoms with Crippen LogP contribution in [0, 0.1) is 0 Å². The van der Waals surface area contributed by atoms with Gasteiger partial charge in [0.25, 0.3) is 0 Å². The summed E-state index contributed by atoms with van der Waals surface area (Å²) in [6.07, 6.45) is 98.8. The molecule has 1 unspecified atom stereocenters. The summed E-state index contributed by atoms with van der Waals surface area (Å²) >= 11 is 0. The molecule has 0 aromatic rings. The maximum atomic E-state index is 12.9. The summed E-state index contributed by atoms with van der Waals surface area (Å²) < 4.78 is 16.9. The molecule has 0 rings (SSSR count). The predicted molar refractivity (Wildman–Crippen MR) is 357 cm³/mol. The van der Waals surface area contributed by atoms with E-state index >= 15 is 0 Å². The van der Waals surface area contributed by atoms with Gasteiger partial charge in [-0.05, 0) is 122 Å². The fraction of sp³-hybridized carbons (Fsp3) is 0.645. The molecule has 0 aromatic heterocycles. The summed E-state index contributed by atoms with van der Waals surface area (Å²) in [7, 11) is 0. The zero-order valence-electron chi connectivity index (χ0n) is 53.2. The highest BCUT2D eigenvalue weighted by Crippen LogP contribution is 2.16. The summed E-state index contributed by atoms with van der Waals surface area (Å²) in [6.45, 7) is 6.38. The second kappa shape index (κ2) is 68.8. The van der Waals surface area contributed by atoms with Gasteiger partial charge in [-0.2, -0.15) is 0 Å². The molecule has 0 bridgehead atoms. The minimum atomic E-state index is -0.789. The average molecular weight is 1130 g/mol. The molecule has 0 heterocycles. The molecule has 6 nitrogen and oxygen atoms in total. The van der Waals surface area contributed by atoms with Gasteiger partial charge in [0.2, 0.25) is 0 Å². The first-order valence-corrected chi connectivity index (χ1v) is 33.8. The van der Waals surface area contributed by atoms with Crippen LogP contribution in [0.5, 0.6) is 0 Å². The van der Waals surface area contributed by atoms with E-state index < -0.39 is 6.10 Å². The summed E-state index contributed by atoms with van der Waals surface area (Å²) in [6, 6.07) is 0. The van der Waals surface area contributed by atoms with Crippen molar-refractivity contribution < 1.29 is 28.6 Å². The molecule has 82 heavy (non-hydrogen) atoms. The number of ether oxygens (including phenoxy) is 3. The van der Waals surface area contributed by atoms with Gasteiger partial charge in [-0.3, -0.25) is 14.4 Å².